The molecule has 0 radical (unpaired) electrons. The summed E-state index contributed by atoms with van der Waals surface area (Å²) in [6, 6.07) is 139. The summed E-state index contributed by atoms with van der Waals surface area (Å²) >= 11 is 0. The Kier molecular flexibility index (Phi) is 25.1. The monoisotopic (exact) mass is 1910 g/mol. The third-order valence-electron chi connectivity index (χ3n) is 28.8. The third kappa shape index (κ3) is 19.2. The molecule has 0 aliphatic heterocycles. The number of hydrogen-bond acceptors (Lipinski definition) is 0. The average Bonchev–Trinajstić information content (AvgIpc) is 1.55. The normalized spacial score (nSPS) is 12.8. The van der Waals surface area contributed by atoms with Crippen LogP contribution >= 0.6 is 0 Å². The van der Waals surface area contributed by atoms with Gasteiger partial charge in [0.2, 0.25) is 0 Å². The van der Waals surface area contributed by atoms with Crippen LogP contribution in [-0.4, -0.2) is 22.8 Å². The molecular formula is C141H143N5. The molecule has 0 saturated heterocycles. The van der Waals surface area contributed by atoms with Gasteiger partial charge in [-0.1, -0.05) is 463 Å². The van der Waals surface area contributed by atoms with Crippen LogP contribution < -0.4 is 0 Å². The predicted molar refractivity (Wildman–Crippen MR) is 635 cm³/mol. The van der Waals surface area contributed by atoms with Crippen molar-refractivity contribution in [1.29, 1.82) is 0 Å². The van der Waals surface area contributed by atoms with Gasteiger partial charge in [0.1, 0.15) is 0 Å². The number of fused-ring (bicyclic) bond motifs is 15. The van der Waals surface area contributed by atoms with Gasteiger partial charge in [-0.15, -0.1) is 0 Å². The molecule has 5 aromatic heterocycles. The highest BCUT2D eigenvalue weighted by Crippen LogP contribution is 2.52. The van der Waals surface area contributed by atoms with Gasteiger partial charge < -0.3 is 22.8 Å². The zero-order valence-electron chi connectivity index (χ0n) is 94.2. The quantitative estimate of drug-likeness (QED) is 0.145. The topological polar surface area (TPSA) is 24.6 Å². The lowest BCUT2D eigenvalue weighted by molar-refractivity contribution is 0.535. The van der Waals surface area contributed by atoms with Crippen LogP contribution in [-0.2, 0) is 43.3 Å². The molecule has 5 heterocycles. The Labute approximate surface area is 872 Å². The summed E-state index contributed by atoms with van der Waals surface area (Å²) < 4.78 is 46.1. The summed E-state index contributed by atoms with van der Waals surface area (Å²) in [5, 5.41) is 13.0. The van der Waals surface area contributed by atoms with Crippen molar-refractivity contribution in [2.75, 3.05) is 0 Å². The van der Waals surface area contributed by atoms with E-state index in [4.69, 9.17) is 5.48 Å². The van der Waals surface area contributed by atoms with Gasteiger partial charge in [-0.25, -0.2) is 0 Å². The predicted octanol–water partition coefficient (Wildman–Crippen LogP) is 39.6. The van der Waals surface area contributed by atoms with Crippen molar-refractivity contribution >= 4 is 109 Å². The molecular weight excluding hydrogens is 1760 g/mol. The highest BCUT2D eigenvalue weighted by Gasteiger charge is 2.35. The van der Waals surface area contributed by atoms with Crippen molar-refractivity contribution in [1.82, 2.24) is 22.8 Å². The number of rotatable bonds is 8. The van der Waals surface area contributed by atoms with E-state index in [0.717, 1.165) is 38.6 Å². The number of para-hydroxylation sites is 10. The summed E-state index contributed by atoms with van der Waals surface area (Å²) in [5.41, 5.74) is 36.0. The minimum Gasteiger partial charge on any atom is -0.309 e. The van der Waals surface area contributed by atoms with Crippen molar-refractivity contribution in [3.8, 4) is 61.8 Å². The molecule has 0 saturated carbocycles. The molecule has 0 spiro atoms. The fraction of sp³-hybridized carbons (Fsp3) is 0.234. The maximum atomic E-state index is 8.73. The number of aromatic nitrogens is 5. The molecule has 0 amide bonds. The lowest BCUT2D eigenvalue weighted by atomic mass is 9.73. The molecule has 0 bridgehead atoms. The summed E-state index contributed by atoms with van der Waals surface area (Å²) in [6.45, 7) is 56.9. The van der Waals surface area contributed by atoms with E-state index in [2.05, 4.69) is 541 Å². The third-order valence-corrected chi connectivity index (χ3v) is 28.8. The molecule has 18 aromatic carbocycles. The van der Waals surface area contributed by atoms with E-state index in [1.54, 1.807) is 6.92 Å². The zero-order chi connectivity index (χ0) is 107. The van der Waals surface area contributed by atoms with Gasteiger partial charge in [0, 0.05) is 82.3 Å². The van der Waals surface area contributed by atoms with E-state index in [1.165, 1.54) is 171 Å². The van der Waals surface area contributed by atoms with Gasteiger partial charge >= 0.3 is 0 Å². The minimum atomic E-state index is -0.311. The Hall–Kier alpha value is -15.0. The fourth-order valence-corrected chi connectivity index (χ4v) is 22.4. The van der Waals surface area contributed by atoms with Crippen LogP contribution in [0.25, 0.3) is 171 Å². The molecule has 0 aliphatic carbocycles. The highest BCUT2D eigenvalue weighted by molar-refractivity contribution is 6.17. The van der Waals surface area contributed by atoms with Gasteiger partial charge in [-0.2, -0.15) is 0 Å². The first-order valence-corrected chi connectivity index (χ1v) is 52.1. The van der Waals surface area contributed by atoms with Crippen LogP contribution in [0.5, 0.6) is 0 Å². The van der Waals surface area contributed by atoms with Gasteiger partial charge in [-0.05, 0) is 249 Å². The lowest BCUT2D eigenvalue weighted by Gasteiger charge is -2.31. The standard InChI is InChI=1S/C36H41N.C29H27N.C28H25N.C26H29N.C22H21N/c1-34(2,3)25-21-24(22-26(23-25)35(4,5)6)28-19-20-31-32(33(28)36(7,8)9)29-17-13-14-18-30(29)37(31)27-15-11-10-12-16-27;1-20-14-16-21(17-15-20)23-18-19-26-27(28(23)29(2,3)4)24-12-8-9-13-25(24)30(26)22-10-6-5-7-11-22;1-28(2,3)27-22(20-12-6-4-7-13-20)18-19-25-26(27)23-16-10-11-17-24(23)29(25)21-14-8-5-9-15-21;1-25(2,3)20-16-17-22-23(24(20)26(4,5)6)19-14-10-11-15-21(19)27(22)18-12-8-7-9-13-18;1-22(2,3)18-13-9-15-20-21(18)17-12-7-8-14-19(17)23(20)16-10-5-4-6-11-16/h10-23H,1-9H3;5-19H,1-4H3;4-19H,1-3H3;7-17H,1-6H3;4-15H,1-3H3/i;14D,15D,16D,17D;;;. The first-order chi connectivity index (χ1) is 71.2. The molecule has 5 heteroatoms. The summed E-state index contributed by atoms with van der Waals surface area (Å²) in [7, 11) is 0. The van der Waals surface area contributed by atoms with Crippen LogP contribution in [0.2, 0.25) is 0 Å². The van der Waals surface area contributed by atoms with Crippen LogP contribution in [0.1, 0.15) is 222 Å². The van der Waals surface area contributed by atoms with E-state index in [9.17, 15) is 0 Å². The molecule has 0 aliphatic rings. The Morgan fingerprint density at radius 2 is 0.411 bits per heavy atom. The van der Waals surface area contributed by atoms with Crippen LogP contribution in [0.4, 0.5) is 0 Å². The molecule has 5 nitrogen and oxygen atoms in total. The smallest absolute Gasteiger partial charge is 0.0629 e. The number of hydrogen-bond donors (Lipinski definition) is 0. The Bertz CT molecular complexity index is 8940. The van der Waals surface area contributed by atoms with Crippen molar-refractivity contribution in [2.45, 2.75) is 216 Å². The Morgan fingerprint density at radius 3 is 0.699 bits per heavy atom. The molecule has 23 rings (SSSR count). The van der Waals surface area contributed by atoms with Gasteiger partial charge in [0.15, 0.2) is 0 Å². The molecule has 0 unspecified atom stereocenters. The van der Waals surface area contributed by atoms with E-state index in [0.29, 0.717) is 11.1 Å². The van der Waals surface area contributed by atoms with Crippen molar-refractivity contribution in [3.05, 3.63) is 462 Å². The first kappa shape index (κ1) is 94.5. The molecule has 23 aromatic rings. The van der Waals surface area contributed by atoms with Gasteiger partial charge in [-0.3, -0.25) is 0 Å². The number of benzene rings is 18. The zero-order valence-corrected chi connectivity index (χ0v) is 90.2. The van der Waals surface area contributed by atoms with E-state index in [-0.39, 0.29) is 67.5 Å². The minimum absolute atomic E-state index is 0.00940. The maximum Gasteiger partial charge on any atom is 0.0629 e. The highest BCUT2D eigenvalue weighted by atomic mass is 15.0. The molecule has 0 N–H and O–H groups in total. The van der Waals surface area contributed by atoms with Gasteiger partial charge in [0.05, 0.1) is 60.7 Å². The average molecular weight is 1910 g/mol. The van der Waals surface area contributed by atoms with Gasteiger partial charge in [0.25, 0.3) is 0 Å². The van der Waals surface area contributed by atoms with Crippen LogP contribution in [0, 0.1) is 6.92 Å². The summed E-state index contributed by atoms with van der Waals surface area (Å²) in [4.78, 5) is 0. The fourth-order valence-electron chi connectivity index (χ4n) is 22.4. The molecule has 732 valence electrons. The van der Waals surface area contributed by atoms with E-state index in [1.807, 2.05) is 36.4 Å². The maximum absolute atomic E-state index is 8.73. The summed E-state index contributed by atoms with van der Waals surface area (Å²) in [5.74, 6) is 0. The van der Waals surface area contributed by atoms with E-state index >= 15 is 0 Å². The number of nitrogens with zero attached hydrogens (tertiary/aromatic N) is 5. The van der Waals surface area contributed by atoms with Crippen LogP contribution in [0.3, 0.4) is 0 Å². The van der Waals surface area contributed by atoms with E-state index < -0.39 is 0 Å². The van der Waals surface area contributed by atoms with Crippen molar-refractivity contribution < 1.29 is 5.48 Å². The Morgan fingerprint density at radius 1 is 0.171 bits per heavy atom. The first-order valence-electron chi connectivity index (χ1n) is 54.1. The molecule has 0 atom stereocenters. The van der Waals surface area contributed by atoms with Crippen molar-refractivity contribution in [2.24, 2.45) is 0 Å². The SMILES string of the molecule is CC(C)(C)c1c(-c2ccccc2)ccc2c1c1ccccc1n2-c1ccccc1.CC(C)(C)c1cc(-c2ccc3c(c2C(C)(C)C)c2ccccc2n3-c2ccccc2)cc(C(C)(C)C)c1.CC(C)(C)c1ccc2c(c1C(C)(C)C)c1ccccc1n2-c1ccccc1.CC(C)(C)c1cccc2c1c1ccccc1n2-c1ccccc1.[2H]c1c([2H])c(-c2ccc3c(c2C(C)(C)C)c2ccccc2n3-c2ccccc2)c([2H])c([2H])c1C. The van der Waals surface area contributed by atoms with Crippen LogP contribution in [0.15, 0.2) is 412 Å². The lowest BCUT2D eigenvalue weighted by Crippen LogP contribution is -2.22. The summed E-state index contributed by atoms with van der Waals surface area (Å²) in [6.07, 6.45) is 0. The van der Waals surface area contributed by atoms with Crippen molar-refractivity contribution in [3.63, 3.8) is 0 Å². The second kappa shape index (κ2) is 38.8. The Balaban J connectivity index is 0.000000119. The molecule has 146 heavy (non-hydrogen) atoms. The molecule has 0 fully saturated rings. The second-order valence-corrected chi connectivity index (χ2v) is 47.8. The largest absolute Gasteiger partial charge is 0.309 e. The second-order valence-electron chi connectivity index (χ2n) is 47.8.